The van der Waals surface area contributed by atoms with Crippen molar-refractivity contribution >= 4 is 15.9 Å². The number of hydrogen-bond donors (Lipinski definition) is 1. The van der Waals surface area contributed by atoms with Crippen LogP contribution in [0.2, 0.25) is 0 Å². The molecule has 0 amide bonds. The van der Waals surface area contributed by atoms with Crippen molar-refractivity contribution in [2.24, 2.45) is 5.73 Å². The third-order valence-electron chi connectivity index (χ3n) is 2.19. The molecule has 0 radical (unpaired) electrons. The minimum absolute atomic E-state index is 0.226. The molecule has 0 aliphatic carbocycles. The van der Waals surface area contributed by atoms with Crippen molar-refractivity contribution < 1.29 is 13.5 Å². The Morgan fingerprint density at radius 2 is 2.18 bits per heavy atom. The molecule has 17 heavy (non-hydrogen) atoms. The van der Waals surface area contributed by atoms with Crippen molar-refractivity contribution in [2.45, 2.75) is 6.04 Å². The van der Waals surface area contributed by atoms with Crippen LogP contribution in [0.5, 0.6) is 5.75 Å². The van der Waals surface area contributed by atoms with Crippen LogP contribution >= 0.6 is 15.9 Å². The Morgan fingerprint density at radius 3 is 2.82 bits per heavy atom. The smallest absolute Gasteiger partial charge is 0.169 e. The molecule has 0 spiro atoms. The van der Waals surface area contributed by atoms with E-state index >= 15 is 0 Å². The predicted octanol–water partition coefficient (Wildman–Crippen LogP) is 3.26. The molecule has 1 aromatic carbocycles. The molecule has 2 rings (SSSR count). The summed E-state index contributed by atoms with van der Waals surface area (Å²) in [5.41, 5.74) is 5.86. The zero-order valence-corrected chi connectivity index (χ0v) is 10.5. The van der Waals surface area contributed by atoms with Gasteiger partial charge in [-0.15, -0.1) is 0 Å². The normalized spacial score (nSPS) is 12.4. The Bertz CT molecular complexity index is 501. The fourth-order valence-electron chi connectivity index (χ4n) is 1.35. The minimum Gasteiger partial charge on any atom is -0.491 e. The highest BCUT2D eigenvalue weighted by molar-refractivity contribution is 9.10. The second-order valence-corrected chi connectivity index (χ2v) is 4.30. The van der Waals surface area contributed by atoms with Gasteiger partial charge in [-0.3, -0.25) is 0 Å². The number of ether oxygens (including phenoxy) is 1. The van der Waals surface area contributed by atoms with E-state index < -0.39 is 0 Å². The molecule has 0 saturated carbocycles. The molecule has 1 aromatic heterocycles. The molecular weight excluding hydrogens is 289 g/mol. The van der Waals surface area contributed by atoms with Crippen molar-refractivity contribution in [1.29, 1.82) is 0 Å². The first-order valence-corrected chi connectivity index (χ1v) is 5.83. The largest absolute Gasteiger partial charge is 0.491 e. The second kappa shape index (κ2) is 5.33. The maximum atomic E-state index is 12.9. The molecular formula is C12H11BrFNO2. The Kier molecular flexibility index (Phi) is 3.81. The van der Waals surface area contributed by atoms with Gasteiger partial charge in [-0.05, 0) is 40.2 Å². The van der Waals surface area contributed by atoms with Crippen molar-refractivity contribution in [3.05, 3.63) is 52.6 Å². The van der Waals surface area contributed by atoms with Crippen molar-refractivity contribution in [3.63, 3.8) is 0 Å². The average molecular weight is 300 g/mol. The molecule has 2 aromatic rings. The molecule has 0 saturated heterocycles. The van der Waals surface area contributed by atoms with Gasteiger partial charge in [-0.2, -0.15) is 0 Å². The van der Waals surface area contributed by atoms with Crippen LogP contribution in [0.1, 0.15) is 11.8 Å². The summed E-state index contributed by atoms with van der Waals surface area (Å²) in [6, 6.07) is 9.07. The lowest BCUT2D eigenvalue weighted by Crippen LogP contribution is -2.18. The van der Waals surface area contributed by atoms with Gasteiger partial charge < -0.3 is 14.9 Å². The lowest BCUT2D eigenvalue weighted by molar-refractivity contribution is 0.270. The lowest BCUT2D eigenvalue weighted by Gasteiger charge is -2.10. The molecule has 0 bridgehead atoms. The van der Waals surface area contributed by atoms with Crippen LogP contribution in [0, 0.1) is 5.82 Å². The van der Waals surface area contributed by atoms with Crippen LogP contribution in [-0.2, 0) is 0 Å². The number of halogens is 2. The minimum atomic E-state index is -0.385. The Labute approximate surface area is 106 Å². The average Bonchev–Trinajstić information content (AvgIpc) is 2.73. The first-order valence-electron chi connectivity index (χ1n) is 5.04. The fourth-order valence-corrected chi connectivity index (χ4v) is 1.67. The maximum Gasteiger partial charge on any atom is 0.169 e. The molecule has 2 N–H and O–H groups in total. The van der Waals surface area contributed by atoms with Gasteiger partial charge in [0.2, 0.25) is 0 Å². The van der Waals surface area contributed by atoms with E-state index in [0.717, 1.165) is 0 Å². The van der Waals surface area contributed by atoms with Crippen LogP contribution in [0.15, 0.2) is 45.5 Å². The van der Waals surface area contributed by atoms with E-state index in [1.165, 1.54) is 12.1 Å². The lowest BCUT2D eigenvalue weighted by atomic mass is 10.2. The second-order valence-electron chi connectivity index (χ2n) is 3.52. The standard InChI is InChI=1S/C12H11BrFNO2/c13-12-5-4-11(17-12)10(15)7-16-9-3-1-2-8(14)6-9/h1-6,10H,7,15H2. The Hall–Kier alpha value is -1.33. The summed E-state index contributed by atoms with van der Waals surface area (Å²) in [6.07, 6.45) is 0. The molecule has 0 fully saturated rings. The van der Waals surface area contributed by atoms with Gasteiger partial charge in [0.1, 0.15) is 23.9 Å². The molecule has 1 unspecified atom stereocenters. The van der Waals surface area contributed by atoms with Gasteiger partial charge in [0.15, 0.2) is 4.67 Å². The monoisotopic (exact) mass is 299 g/mol. The molecule has 3 nitrogen and oxygen atoms in total. The van der Waals surface area contributed by atoms with E-state index in [4.69, 9.17) is 14.9 Å². The highest BCUT2D eigenvalue weighted by Gasteiger charge is 2.11. The Morgan fingerprint density at radius 1 is 1.35 bits per heavy atom. The maximum absolute atomic E-state index is 12.9. The highest BCUT2D eigenvalue weighted by atomic mass is 79.9. The molecule has 90 valence electrons. The number of nitrogens with two attached hydrogens (primary N) is 1. The summed E-state index contributed by atoms with van der Waals surface area (Å²) >= 11 is 3.19. The number of furan rings is 1. The van der Waals surface area contributed by atoms with Crippen LogP contribution < -0.4 is 10.5 Å². The van der Waals surface area contributed by atoms with E-state index in [0.29, 0.717) is 16.2 Å². The van der Waals surface area contributed by atoms with Crippen molar-refractivity contribution in [1.82, 2.24) is 0 Å². The highest BCUT2D eigenvalue weighted by Crippen LogP contribution is 2.20. The third kappa shape index (κ3) is 3.31. The quantitative estimate of drug-likeness (QED) is 0.943. The zero-order valence-electron chi connectivity index (χ0n) is 8.90. The van der Waals surface area contributed by atoms with E-state index in [1.54, 1.807) is 24.3 Å². The van der Waals surface area contributed by atoms with Gasteiger partial charge in [0.25, 0.3) is 0 Å². The van der Waals surface area contributed by atoms with Crippen LogP contribution in [-0.4, -0.2) is 6.61 Å². The van der Waals surface area contributed by atoms with Crippen LogP contribution in [0.3, 0.4) is 0 Å². The number of benzene rings is 1. The first kappa shape index (κ1) is 12.1. The first-order chi connectivity index (χ1) is 8.15. The summed E-state index contributed by atoms with van der Waals surface area (Å²) in [6.45, 7) is 0.226. The summed E-state index contributed by atoms with van der Waals surface area (Å²) in [5, 5.41) is 0. The summed E-state index contributed by atoms with van der Waals surface area (Å²) < 4.78 is 24.2. The zero-order chi connectivity index (χ0) is 12.3. The van der Waals surface area contributed by atoms with E-state index in [2.05, 4.69) is 15.9 Å². The van der Waals surface area contributed by atoms with Crippen LogP contribution in [0.25, 0.3) is 0 Å². The molecule has 0 aliphatic heterocycles. The molecule has 1 atom stereocenters. The summed E-state index contributed by atoms with van der Waals surface area (Å²) in [5.74, 6) is 0.733. The molecule has 1 heterocycles. The van der Waals surface area contributed by atoms with Gasteiger partial charge in [-0.25, -0.2) is 4.39 Å². The van der Waals surface area contributed by atoms with Gasteiger partial charge in [-0.1, -0.05) is 6.07 Å². The van der Waals surface area contributed by atoms with Gasteiger partial charge >= 0.3 is 0 Å². The predicted molar refractivity (Wildman–Crippen MR) is 65.2 cm³/mol. The number of hydrogen-bond acceptors (Lipinski definition) is 3. The van der Waals surface area contributed by atoms with Crippen molar-refractivity contribution in [3.8, 4) is 5.75 Å². The topological polar surface area (TPSA) is 48.4 Å². The third-order valence-corrected chi connectivity index (χ3v) is 2.61. The van der Waals surface area contributed by atoms with E-state index in [-0.39, 0.29) is 18.5 Å². The fraction of sp³-hybridized carbons (Fsp3) is 0.167. The van der Waals surface area contributed by atoms with E-state index in [9.17, 15) is 4.39 Å². The van der Waals surface area contributed by atoms with E-state index in [1.807, 2.05) is 0 Å². The number of rotatable bonds is 4. The molecule has 5 heteroatoms. The summed E-state index contributed by atoms with van der Waals surface area (Å²) in [4.78, 5) is 0. The SMILES string of the molecule is NC(COc1cccc(F)c1)c1ccc(Br)o1. The van der Waals surface area contributed by atoms with Gasteiger partial charge in [0.05, 0.1) is 6.04 Å². The molecule has 0 aliphatic rings. The van der Waals surface area contributed by atoms with Gasteiger partial charge in [0, 0.05) is 6.07 Å². The van der Waals surface area contributed by atoms with Crippen molar-refractivity contribution in [2.75, 3.05) is 6.61 Å². The summed E-state index contributed by atoms with van der Waals surface area (Å²) in [7, 11) is 0. The Balaban J connectivity index is 1.94. The van der Waals surface area contributed by atoms with Crippen LogP contribution in [0.4, 0.5) is 4.39 Å².